The third-order valence-corrected chi connectivity index (χ3v) is 7.17. The normalized spacial score (nSPS) is 18.8. The van der Waals surface area contributed by atoms with Gasteiger partial charge >= 0.3 is 0 Å². The summed E-state index contributed by atoms with van der Waals surface area (Å²) in [6, 6.07) is 24.9. The lowest BCUT2D eigenvalue weighted by Gasteiger charge is -2.35. The monoisotopic (exact) mass is 500 g/mol. The molecule has 1 N–H and O–H groups in total. The second kappa shape index (κ2) is 12.2. The number of fused-ring (bicyclic) bond motifs is 3. The van der Waals surface area contributed by atoms with Crippen LogP contribution in [0.15, 0.2) is 78.9 Å². The van der Waals surface area contributed by atoms with Gasteiger partial charge in [-0.25, -0.2) is 0 Å². The summed E-state index contributed by atoms with van der Waals surface area (Å²) in [6.07, 6.45) is 0.0168. The maximum absolute atomic E-state index is 13.9. The van der Waals surface area contributed by atoms with Crippen molar-refractivity contribution in [1.29, 1.82) is 0 Å². The number of aliphatic hydroxyl groups excluding tert-OH is 1. The fraction of sp³-hybridized carbons (Fsp3) is 0.355. The molecule has 0 radical (unpaired) electrons. The van der Waals surface area contributed by atoms with Crippen LogP contribution in [0.4, 0.5) is 0 Å². The maximum atomic E-state index is 13.9. The minimum absolute atomic E-state index is 0.0146. The number of hydrogen-bond acceptors (Lipinski definition) is 4. The van der Waals surface area contributed by atoms with Gasteiger partial charge in [0, 0.05) is 31.6 Å². The molecule has 1 heterocycles. The number of aliphatic hydroxyl groups is 1. The molecule has 3 atom stereocenters. The molecule has 6 heteroatoms. The molecule has 1 aliphatic rings. The van der Waals surface area contributed by atoms with Crippen molar-refractivity contribution in [2.75, 3.05) is 26.7 Å². The van der Waals surface area contributed by atoms with Gasteiger partial charge in [-0.1, -0.05) is 79.7 Å². The smallest absolute Gasteiger partial charge is 0.254 e. The first-order chi connectivity index (χ1) is 17.9. The van der Waals surface area contributed by atoms with Gasteiger partial charge in [0.15, 0.2) is 0 Å². The number of carbonyl (C=O) groups is 2. The second-order valence-corrected chi connectivity index (χ2v) is 9.96. The summed E-state index contributed by atoms with van der Waals surface area (Å²) in [4.78, 5) is 30.3. The molecule has 0 spiro atoms. The Hall–Kier alpha value is -3.48. The highest BCUT2D eigenvalue weighted by Crippen LogP contribution is 2.31. The Labute approximate surface area is 219 Å². The molecule has 37 heavy (non-hydrogen) atoms. The number of amides is 2. The second-order valence-electron chi connectivity index (χ2n) is 9.96. The Kier molecular flexibility index (Phi) is 8.74. The minimum Gasteiger partial charge on any atom is -0.394 e. The van der Waals surface area contributed by atoms with E-state index in [-0.39, 0.29) is 36.5 Å². The number of likely N-dealkylation sites (N-methyl/N-ethyl adjacent to an activating group) is 1. The Bertz CT molecular complexity index is 1210. The minimum atomic E-state index is -0.364. The number of hydrogen-bond donors (Lipinski definition) is 1. The van der Waals surface area contributed by atoms with Crippen molar-refractivity contribution in [3.63, 3.8) is 0 Å². The van der Waals surface area contributed by atoms with Gasteiger partial charge in [0.1, 0.15) is 0 Å². The molecule has 3 aromatic rings. The van der Waals surface area contributed by atoms with Gasteiger partial charge in [0.2, 0.25) is 5.91 Å². The molecule has 4 rings (SSSR count). The predicted octanol–water partition coefficient (Wildman–Crippen LogP) is 4.41. The summed E-state index contributed by atoms with van der Waals surface area (Å²) in [5.74, 6) is -0.184. The van der Waals surface area contributed by atoms with Crippen LogP contribution in [0.1, 0.15) is 35.3 Å². The first-order valence-electron chi connectivity index (χ1n) is 12.9. The Balaban J connectivity index is 1.66. The quantitative estimate of drug-likeness (QED) is 0.544. The van der Waals surface area contributed by atoms with Crippen molar-refractivity contribution >= 4 is 11.8 Å². The molecule has 3 aromatic carbocycles. The first kappa shape index (κ1) is 26.6. The molecule has 6 nitrogen and oxygen atoms in total. The van der Waals surface area contributed by atoms with Crippen LogP contribution >= 0.6 is 0 Å². The molecule has 0 saturated heterocycles. The number of benzene rings is 3. The summed E-state index contributed by atoms with van der Waals surface area (Å²) in [5.41, 5.74) is 4.36. The first-order valence-corrected chi connectivity index (χ1v) is 12.9. The van der Waals surface area contributed by atoms with Crippen LogP contribution in [0.2, 0.25) is 0 Å². The highest BCUT2D eigenvalue weighted by atomic mass is 16.5. The van der Waals surface area contributed by atoms with Crippen LogP contribution in [-0.4, -0.2) is 65.6 Å². The summed E-state index contributed by atoms with van der Waals surface area (Å²) in [5, 5.41) is 9.99. The van der Waals surface area contributed by atoms with E-state index in [2.05, 4.69) is 0 Å². The molecule has 0 aliphatic carbocycles. The number of carbonyl (C=O) groups excluding carboxylic acids is 2. The van der Waals surface area contributed by atoms with Gasteiger partial charge < -0.3 is 19.6 Å². The summed E-state index contributed by atoms with van der Waals surface area (Å²) in [6.45, 7) is 4.92. The van der Waals surface area contributed by atoms with Gasteiger partial charge in [-0.05, 0) is 35.2 Å². The third kappa shape index (κ3) is 6.27. The lowest BCUT2D eigenvalue weighted by atomic mass is 9.94. The fourth-order valence-corrected chi connectivity index (χ4v) is 4.83. The third-order valence-electron chi connectivity index (χ3n) is 7.17. The van der Waals surface area contributed by atoms with E-state index in [1.165, 1.54) is 0 Å². The van der Waals surface area contributed by atoms with Gasteiger partial charge in [0.25, 0.3) is 5.91 Å². The molecule has 1 aliphatic heterocycles. The van der Waals surface area contributed by atoms with E-state index in [1.807, 2.05) is 92.7 Å². The Morgan fingerprint density at radius 2 is 1.62 bits per heavy atom. The Morgan fingerprint density at radius 1 is 1.00 bits per heavy atom. The van der Waals surface area contributed by atoms with E-state index in [1.54, 1.807) is 16.8 Å². The summed E-state index contributed by atoms with van der Waals surface area (Å²) in [7, 11) is 1.80. The summed E-state index contributed by atoms with van der Waals surface area (Å²) < 4.78 is 6.50. The molecule has 0 fully saturated rings. The Morgan fingerprint density at radius 3 is 2.32 bits per heavy atom. The van der Waals surface area contributed by atoms with Crippen molar-refractivity contribution in [2.24, 2.45) is 5.92 Å². The highest BCUT2D eigenvalue weighted by Gasteiger charge is 2.31. The molecule has 0 bridgehead atoms. The van der Waals surface area contributed by atoms with Crippen molar-refractivity contribution in [3.8, 4) is 11.1 Å². The van der Waals surface area contributed by atoms with Gasteiger partial charge in [0.05, 0.1) is 31.8 Å². The average molecular weight is 501 g/mol. The topological polar surface area (TPSA) is 70.1 Å². The van der Waals surface area contributed by atoms with Crippen molar-refractivity contribution in [3.05, 3.63) is 95.6 Å². The molecule has 2 amide bonds. The van der Waals surface area contributed by atoms with Gasteiger partial charge in [-0.2, -0.15) is 0 Å². The fourth-order valence-electron chi connectivity index (χ4n) is 4.83. The molecular formula is C31H36N2O4. The van der Waals surface area contributed by atoms with E-state index < -0.39 is 0 Å². The standard InChI is InChI=1S/C31H36N2O4/c1-22-18-33(23(2)20-34)31(36)28-16-10-9-15-27(28)26-14-8-7-13-25(26)21-37-29(22)19-32(3)30(35)17-24-11-5-4-6-12-24/h4-16,22-23,29,34H,17-21H2,1-3H3/t22-,23-,29+/m1/s1. The lowest BCUT2D eigenvalue weighted by molar-refractivity contribution is -0.132. The van der Waals surface area contributed by atoms with E-state index in [4.69, 9.17) is 4.74 Å². The molecule has 0 aromatic heterocycles. The molecule has 194 valence electrons. The van der Waals surface area contributed by atoms with Gasteiger partial charge in [-0.15, -0.1) is 0 Å². The largest absolute Gasteiger partial charge is 0.394 e. The van der Waals surface area contributed by atoms with E-state index >= 15 is 0 Å². The summed E-state index contributed by atoms with van der Waals surface area (Å²) >= 11 is 0. The maximum Gasteiger partial charge on any atom is 0.254 e. The van der Waals surface area contributed by atoms with Crippen LogP contribution in [0.5, 0.6) is 0 Å². The molecule has 0 unspecified atom stereocenters. The zero-order valence-electron chi connectivity index (χ0n) is 21.8. The number of rotatable bonds is 6. The molecular weight excluding hydrogens is 464 g/mol. The van der Waals surface area contributed by atoms with Crippen LogP contribution in [-0.2, 0) is 22.6 Å². The number of ether oxygens (including phenoxy) is 1. The zero-order valence-corrected chi connectivity index (χ0v) is 21.8. The zero-order chi connectivity index (χ0) is 26.4. The van der Waals surface area contributed by atoms with Crippen LogP contribution in [0.25, 0.3) is 11.1 Å². The van der Waals surface area contributed by atoms with Crippen molar-refractivity contribution < 1.29 is 19.4 Å². The number of nitrogens with zero attached hydrogens (tertiary/aromatic N) is 2. The van der Waals surface area contributed by atoms with E-state index in [0.717, 1.165) is 22.3 Å². The SMILES string of the molecule is C[C@@H]1CN([C@H](C)CO)C(=O)c2ccccc2-c2ccccc2CO[C@H]1CN(C)C(=O)Cc1ccccc1. The van der Waals surface area contributed by atoms with Crippen LogP contribution in [0, 0.1) is 5.92 Å². The molecule has 0 saturated carbocycles. The van der Waals surface area contributed by atoms with Crippen LogP contribution < -0.4 is 0 Å². The van der Waals surface area contributed by atoms with Crippen molar-refractivity contribution in [1.82, 2.24) is 9.80 Å². The van der Waals surface area contributed by atoms with E-state index in [0.29, 0.717) is 31.7 Å². The highest BCUT2D eigenvalue weighted by molar-refractivity contribution is 6.01. The van der Waals surface area contributed by atoms with E-state index in [9.17, 15) is 14.7 Å². The average Bonchev–Trinajstić information content (AvgIpc) is 2.94. The van der Waals surface area contributed by atoms with Crippen LogP contribution in [0.3, 0.4) is 0 Å². The van der Waals surface area contributed by atoms with Crippen molar-refractivity contribution in [2.45, 2.75) is 39.0 Å². The lowest BCUT2D eigenvalue weighted by Crippen LogP contribution is -2.47. The van der Waals surface area contributed by atoms with Gasteiger partial charge in [-0.3, -0.25) is 9.59 Å². The predicted molar refractivity (Wildman–Crippen MR) is 145 cm³/mol.